The quantitative estimate of drug-likeness (QED) is 0.836. The fourth-order valence-electron chi connectivity index (χ4n) is 3.06. The maximum atomic E-state index is 4.72. The Morgan fingerprint density at radius 1 is 1.45 bits per heavy atom. The zero-order chi connectivity index (χ0) is 14.7. The van der Waals surface area contributed by atoms with Gasteiger partial charge in [-0.15, -0.1) is 0 Å². The normalized spacial score (nSPS) is 24.3. The van der Waals surface area contributed by atoms with Crippen LogP contribution in [0.15, 0.2) is 0 Å². The van der Waals surface area contributed by atoms with E-state index in [2.05, 4.69) is 48.9 Å². The van der Waals surface area contributed by atoms with Crippen molar-refractivity contribution >= 4 is 16.7 Å². The van der Waals surface area contributed by atoms with Gasteiger partial charge in [-0.1, -0.05) is 27.7 Å². The van der Waals surface area contributed by atoms with Gasteiger partial charge in [0.05, 0.1) is 0 Å². The lowest BCUT2D eigenvalue weighted by Gasteiger charge is -2.40. The van der Waals surface area contributed by atoms with Crippen LogP contribution in [0, 0.1) is 11.8 Å². The van der Waals surface area contributed by atoms with Crippen molar-refractivity contribution in [3.8, 4) is 0 Å². The Morgan fingerprint density at radius 2 is 2.20 bits per heavy atom. The molecule has 114 valence electrons. The van der Waals surface area contributed by atoms with Gasteiger partial charge in [-0.05, 0) is 24.8 Å². The van der Waals surface area contributed by atoms with E-state index in [0.29, 0.717) is 17.9 Å². The SMILES string of the molecule is CCN1CCC(N(C)c2nc(CC(C)C)ns2)C(C)C1. The zero-order valence-electron chi connectivity index (χ0n) is 13.5. The van der Waals surface area contributed by atoms with Crippen molar-refractivity contribution in [1.82, 2.24) is 14.3 Å². The van der Waals surface area contributed by atoms with Gasteiger partial charge in [-0.3, -0.25) is 0 Å². The van der Waals surface area contributed by atoms with Crippen molar-refractivity contribution in [3.05, 3.63) is 5.82 Å². The molecule has 1 aromatic heterocycles. The molecule has 20 heavy (non-hydrogen) atoms. The van der Waals surface area contributed by atoms with E-state index in [4.69, 9.17) is 4.98 Å². The third kappa shape index (κ3) is 3.70. The third-order valence-corrected chi connectivity index (χ3v) is 5.08. The monoisotopic (exact) mass is 296 g/mol. The summed E-state index contributed by atoms with van der Waals surface area (Å²) in [4.78, 5) is 9.62. The molecular formula is C15H28N4S. The molecule has 4 nitrogen and oxygen atoms in total. The van der Waals surface area contributed by atoms with Gasteiger partial charge in [0.25, 0.3) is 0 Å². The van der Waals surface area contributed by atoms with E-state index in [1.165, 1.54) is 19.5 Å². The Kier molecular flexibility index (Phi) is 5.38. The lowest BCUT2D eigenvalue weighted by Crippen LogP contribution is -2.49. The molecule has 1 fully saturated rings. The first-order valence-corrected chi connectivity index (χ1v) is 8.56. The van der Waals surface area contributed by atoms with Crippen molar-refractivity contribution in [2.24, 2.45) is 11.8 Å². The van der Waals surface area contributed by atoms with Gasteiger partial charge in [-0.2, -0.15) is 4.37 Å². The summed E-state index contributed by atoms with van der Waals surface area (Å²) in [5.41, 5.74) is 0. The van der Waals surface area contributed by atoms with E-state index in [0.717, 1.165) is 23.9 Å². The van der Waals surface area contributed by atoms with E-state index < -0.39 is 0 Å². The Morgan fingerprint density at radius 3 is 2.80 bits per heavy atom. The van der Waals surface area contributed by atoms with Crippen LogP contribution in [0.3, 0.4) is 0 Å². The average molecular weight is 296 g/mol. The molecule has 0 saturated carbocycles. The fraction of sp³-hybridized carbons (Fsp3) is 0.867. The molecule has 0 bridgehead atoms. The standard InChI is InChI=1S/C15H28N4S/c1-6-19-8-7-13(12(4)10-19)18(5)15-16-14(17-20-15)9-11(2)3/h11-13H,6-10H2,1-5H3. The number of nitrogens with zero attached hydrogens (tertiary/aromatic N) is 4. The zero-order valence-corrected chi connectivity index (χ0v) is 14.3. The van der Waals surface area contributed by atoms with Crippen LogP contribution in [0.2, 0.25) is 0 Å². The molecule has 5 heteroatoms. The highest BCUT2D eigenvalue weighted by Crippen LogP contribution is 2.27. The predicted molar refractivity (Wildman–Crippen MR) is 86.5 cm³/mol. The van der Waals surface area contributed by atoms with Gasteiger partial charge < -0.3 is 9.80 Å². The number of likely N-dealkylation sites (tertiary alicyclic amines) is 1. The molecule has 2 atom stereocenters. The molecule has 2 unspecified atom stereocenters. The lowest BCUT2D eigenvalue weighted by molar-refractivity contribution is 0.169. The maximum absolute atomic E-state index is 4.72. The highest BCUT2D eigenvalue weighted by atomic mass is 32.1. The molecule has 0 N–H and O–H groups in total. The lowest BCUT2D eigenvalue weighted by atomic mass is 9.93. The van der Waals surface area contributed by atoms with E-state index in [1.54, 1.807) is 11.5 Å². The number of piperidine rings is 1. The van der Waals surface area contributed by atoms with Crippen LogP contribution in [-0.2, 0) is 6.42 Å². The van der Waals surface area contributed by atoms with Crippen LogP contribution in [0.4, 0.5) is 5.13 Å². The van der Waals surface area contributed by atoms with Gasteiger partial charge in [0, 0.05) is 44.1 Å². The number of rotatable bonds is 5. The molecule has 1 aromatic rings. The average Bonchev–Trinajstić information content (AvgIpc) is 2.85. The smallest absolute Gasteiger partial charge is 0.205 e. The maximum Gasteiger partial charge on any atom is 0.205 e. The van der Waals surface area contributed by atoms with Crippen molar-refractivity contribution < 1.29 is 0 Å². The Bertz CT molecular complexity index is 418. The molecule has 1 saturated heterocycles. The first-order chi connectivity index (χ1) is 9.51. The van der Waals surface area contributed by atoms with E-state index in [1.807, 2.05) is 0 Å². The van der Waals surface area contributed by atoms with Crippen LogP contribution in [0.25, 0.3) is 0 Å². The minimum atomic E-state index is 0.595. The van der Waals surface area contributed by atoms with Crippen molar-refractivity contribution in [2.75, 3.05) is 31.6 Å². The van der Waals surface area contributed by atoms with Gasteiger partial charge in [-0.25, -0.2) is 4.98 Å². The summed E-state index contributed by atoms with van der Waals surface area (Å²) in [7, 11) is 2.18. The van der Waals surface area contributed by atoms with Crippen molar-refractivity contribution in [2.45, 2.75) is 46.6 Å². The molecule has 0 radical (unpaired) electrons. The fourth-order valence-corrected chi connectivity index (χ4v) is 3.77. The molecule has 1 aliphatic heterocycles. The molecule has 0 spiro atoms. The largest absolute Gasteiger partial charge is 0.347 e. The van der Waals surface area contributed by atoms with E-state index >= 15 is 0 Å². The molecule has 0 amide bonds. The van der Waals surface area contributed by atoms with Crippen LogP contribution in [0.1, 0.15) is 39.9 Å². The number of hydrogen-bond donors (Lipinski definition) is 0. The Labute approximate surface area is 127 Å². The second-order valence-electron chi connectivity index (χ2n) is 6.43. The number of anilines is 1. The van der Waals surface area contributed by atoms with E-state index in [9.17, 15) is 0 Å². The summed E-state index contributed by atoms with van der Waals surface area (Å²) in [6.45, 7) is 12.6. The summed E-state index contributed by atoms with van der Waals surface area (Å²) in [5, 5.41) is 1.09. The van der Waals surface area contributed by atoms with Crippen molar-refractivity contribution in [3.63, 3.8) is 0 Å². The van der Waals surface area contributed by atoms with Crippen molar-refractivity contribution in [1.29, 1.82) is 0 Å². The second-order valence-corrected chi connectivity index (χ2v) is 7.16. The first-order valence-electron chi connectivity index (χ1n) is 7.79. The Balaban J connectivity index is 2.00. The van der Waals surface area contributed by atoms with Crippen LogP contribution < -0.4 is 4.90 Å². The highest BCUT2D eigenvalue weighted by molar-refractivity contribution is 7.09. The minimum absolute atomic E-state index is 0.595. The Hall–Kier alpha value is -0.680. The van der Waals surface area contributed by atoms with Gasteiger partial charge in [0.15, 0.2) is 0 Å². The van der Waals surface area contributed by atoms with Gasteiger partial charge >= 0.3 is 0 Å². The van der Waals surface area contributed by atoms with Crippen LogP contribution >= 0.6 is 11.5 Å². The molecule has 1 aliphatic rings. The number of aromatic nitrogens is 2. The summed E-state index contributed by atoms with van der Waals surface area (Å²) in [6.07, 6.45) is 2.21. The molecular weight excluding hydrogens is 268 g/mol. The third-order valence-electron chi connectivity index (χ3n) is 4.24. The van der Waals surface area contributed by atoms with Gasteiger partial charge in [0.1, 0.15) is 5.82 Å². The summed E-state index contributed by atoms with van der Waals surface area (Å²) in [6, 6.07) is 0.595. The minimum Gasteiger partial charge on any atom is -0.347 e. The molecule has 2 heterocycles. The van der Waals surface area contributed by atoms with Crippen LogP contribution in [-0.4, -0.2) is 47.0 Å². The van der Waals surface area contributed by atoms with Crippen LogP contribution in [0.5, 0.6) is 0 Å². The first kappa shape index (κ1) is 15.7. The summed E-state index contributed by atoms with van der Waals surface area (Å²) in [5.74, 6) is 2.31. The highest BCUT2D eigenvalue weighted by Gasteiger charge is 2.29. The van der Waals surface area contributed by atoms with Gasteiger partial charge in [0.2, 0.25) is 5.13 Å². The molecule has 2 rings (SSSR count). The predicted octanol–water partition coefficient (Wildman–Crippen LogP) is 2.90. The topological polar surface area (TPSA) is 32.3 Å². The second kappa shape index (κ2) is 6.85. The molecule has 0 aromatic carbocycles. The molecule has 0 aliphatic carbocycles. The van der Waals surface area contributed by atoms with E-state index in [-0.39, 0.29) is 0 Å². The number of hydrogen-bond acceptors (Lipinski definition) is 5. The summed E-state index contributed by atoms with van der Waals surface area (Å²) < 4.78 is 4.51. The summed E-state index contributed by atoms with van der Waals surface area (Å²) >= 11 is 1.55.